The highest BCUT2D eigenvalue weighted by Crippen LogP contribution is 2.30. The number of piperidine rings is 1. The van der Waals surface area contributed by atoms with E-state index in [-0.39, 0.29) is 0 Å². The average Bonchev–Trinajstić information content (AvgIpc) is 3.37. The van der Waals surface area contributed by atoms with Crippen molar-refractivity contribution < 1.29 is 4.74 Å². The predicted molar refractivity (Wildman–Crippen MR) is 100 cm³/mol. The number of hydrogen-bond donors (Lipinski definition) is 1. The highest BCUT2D eigenvalue weighted by Gasteiger charge is 2.26. The minimum absolute atomic E-state index is 0.303. The lowest BCUT2D eigenvalue weighted by atomic mass is 9.97. The van der Waals surface area contributed by atoms with E-state index in [0.29, 0.717) is 12.0 Å². The van der Waals surface area contributed by atoms with Crippen molar-refractivity contribution in [1.29, 1.82) is 0 Å². The average molecular weight is 380 g/mol. The van der Waals surface area contributed by atoms with Gasteiger partial charge in [0, 0.05) is 23.2 Å². The molecule has 0 bridgehead atoms. The Labute approximate surface area is 156 Å². The number of thioether (sulfide) groups is 1. The molecule has 4 rings (SSSR count). The first kappa shape index (κ1) is 17.5. The molecule has 25 heavy (non-hydrogen) atoms. The third-order valence-corrected chi connectivity index (χ3v) is 6.82. The van der Waals surface area contributed by atoms with Crippen molar-refractivity contribution in [2.24, 2.45) is 0 Å². The van der Waals surface area contributed by atoms with Gasteiger partial charge in [-0.05, 0) is 45.7 Å². The molecule has 2 saturated heterocycles. The number of aromatic nitrogens is 4. The van der Waals surface area contributed by atoms with Crippen LogP contribution in [-0.4, -0.2) is 45.5 Å². The number of aryl methyl sites for hydroxylation is 1. The Kier molecular flexibility index (Phi) is 5.70. The summed E-state index contributed by atoms with van der Waals surface area (Å²) in [6.07, 6.45) is 4.88. The second-order valence-corrected chi connectivity index (χ2v) is 8.76. The van der Waals surface area contributed by atoms with Crippen LogP contribution in [0.15, 0.2) is 10.7 Å². The quantitative estimate of drug-likeness (QED) is 0.779. The molecule has 0 spiro atoms. The van der Waals surface area contributed by atoms with Gasteiger partial charge in [-0.3, -0.25) is 0 Å². The predicted octanol–water partition coefficient (Wildman–Crippen LogP) is 2.98. The van der Waals surface area contributed by atoms with Crippen LogP contribution < -0.4 is 5.32 Å². The fourth-order valence-electron chi connectivity index (χ4n) is 3.55. The van der Waals surface area contributed by atoms with Crippen LogP contribution in [0.3, 0.4) is 0 Å². The summed E-state index contributed by atoms with van der Waals surface area (Å²) in [6, 6.07) is 0. The maximum Gasteiger partial charge on any atom is 0.191 e. The molecule has 2 aromatic heterocycles. The Balaban J connectivity index is 1.53. The van der Waals surface area contributed by atoms with Crippen molar-refractivity contribution in [1.82, 2.24) is 25.1 Å². The van der Waals surface area contributed by atoms with Gasteiger partial charge >= 0.3 is 0 Å². The molecule has 2 fully saturated rings. The van der Waals surface area contributed by atoms with Crippen molar-refractivity contribution in [2.75, 3.05) is 19.7 Å². The first-order chi connectivity index (χ1) is 12.3. The second kappa shape index (κ2) is 8.16. The zero-order chi connectivity index (χ0) is 17.1. The Morgan fingerprint density at radius 2 is 2.20 bits per heavy atom. The standard InChI is InChI=1S/C17H25N5OS2/c1-12-15(19-11-25-12)10-24-17-21-20-16(13-4-6-18-7-5-13)22(17)9-14-3-2-8-23-14/h11,13-14,18H,2-10H2,1H3. The molecule has 2 aliphatic rings. The number of nitrogens with one attached hydrogen (secondary N) is 1. The molecule has 136 valence electrons. The minimum atomic E-state index is 0.303. The van der Waals surface area contributed by atoms with Gasteiger partial charge in [-0.1, -0.05) is 11.8 Å². The lowest BCUT2D eigenvalue weighted by molar-refractivity contribution is 0.0936. The number of rotatable bonds is 6. The third kappa shape index (κ3) is 4.07. The summed E-state index contributed by atoms with van der Waals surface area (Å²) >= 11 is 3.45. The molecule has 0 saturated carbocycles. The van der Waals surface area contributed by atoms with E-state index in [2.05, 4.69) is 32.0 Å². The van der Waals surface area contributed by atoms with E-state index in [1.165, 1.54) is 4.88 Å². The summed E-state index contributed by atoms with van der Waals surface area (Å²) in [5.41, 5.74) is 3.08. The van der Waals surface area contributed by atoms with E-state index >= 15 is 0 Å². The summed E-state index contributed by atoms with van der Waals surface area (Å²) < 4.78 is 8.22. The molecule has 1 N–H and O–H groups in total. The minimum Gasteiger partial charge on any atom is -0.376 e. The normalized spacial score (nSPS) is 21.9. The van der Waals surface area contributed by atoms with Gasteiger partial charge in [-0.15, -0.1) is 21.5 Å². The topological polar surface area (TPSA) is 64.9 Å². The summed E-state index contributed by atoms with van der Waals surface area (Å²) in [5.74, 6) is 2.51. The molecule has 0 aliphatic carbocycles. The summed E-state index contributed by atoms with van der Waals surface area (Å²) in [5, 5.41) is 13.6. The Hall–Kier alpha value is -0.960. The van der Waals surface area contributed by atoms with Crippen molar-refractivity contribution in [3.8, 4) is 0 Å². The maximum atomic E-state index is 5.88. The molecule has 2 aromatic rings. The van der Waals surface area contributed by atoms with Crippen molar-refractivity contribution in [3.05, 3.63) is 21.9 Å². The van der Waals surface area contributed by atoms with Crippen LogP contribution in [0.2, 0.25) is 0 Å². The van der Waals surface area contributed by atoms with Gasteiger partial charge < -0.3 is 14.6 Å². The second-order valence-electron chi connectivity index (χ2n) is 6.75. The van der Waals surface area contributed by atoms with Crippen LogP contribution in [0.1, 0.15) is 48.0 Å². The molecule has 0 aromatic carbocycles. The first-order valence-corrected chi connectivity index (χ1v) is 10.9. The van der Waals surface area contributed by atoms with Crippen molar-refractivity contribution >= 4 is 23.1 Å². The van der Waals surface area contributed by atoms with E-state index in [1.54, 1.807) is 23.1 Å². The fraction of sp³-hybridized carbons (Fsp3) is 0.706. The lowest BCUT2D eigenvalue weighted by Crippen LogP contribution is -2.29. The SMILES string of the molecule is Cc1scnc1CSc1nnc(C2CCNCC2)n1CC1CCCO1. The van der Waals surface area contributed by atoms with Crippen LogP contribution in [0.4, 0.5) is 0 Å². The molecule has 6 nitrogen and oxygen atoms in total. The molecule has 0 radical (unpaired) electrons. The Morgan fingerprint density at radius 1 is 1.32 bits per heavy atom. The molecular formula is C17H25N5OS2. The Bertz CT molecular complexity index is 689. The lowest BCUT2D eigenvalue weighted by Gasteiger charge is -2.23. The van der Waals surface area contributed by atoms with E-state index < -0.39 is 0 Å². The fourth-order valence-corrected chi connectivity index (χ4v) is 5.22. The van der Waals surface area contributed by atoms with Gasteiger partial charge in [0.25, 0.3) is 0 Å². The highest BCUT2D eigenvalue weighted by molar-refractivity contribution is 7.98. The number of hydrogen-bond acceptors (Lipinski definition) is 7. The number of thiazole rings is 1. The van der Waals surface area contributed by atoms with Crippen LogP contribution in [0, 0.1) is 6.92 Å². The molecule has 4 heterocycles. The molecule has 8 heteroatoms. The number of ether oxygens (including phenoxy) is 1. The zero-order valence-electron chi connectivity index (χ0n) is 14.6. The molecular weight excluding hydrogens is 354 g/mol. The van der Waals surface area contributed by atoms with Gasteiger partial charge in [-0.2, -0.15) is 0 Å². The van der Waals surface area contributed by atoms with E-state index in [9.17, 15) is 0 Å². The van der Waals surface area contributed by atoms with Gasteiger partial charge in [0.05, 0.1) is 23.9 Å². The first-order valence-electron chi connectivity index (χ1n) is 9.08. The third-order valence-electron chi connectivity index (χ3n) is 5.04. The van der Waals surface area contributed by atoms with Crippen LogP contribution in [0.5, 0.6) is 0 Å². The summed E-state index contributed by atoms with van der Waals surface area (Å²) in [7, 11) is 0. The monoisotopic (exact) mass is 379 g/mol. The molecule has 1 atom stereocenters. The molecule has 0 amide bonds. The van der Waals surface area contributed by atoms with E-state index in [4.69, 9.17) is 4.74 Å². The molecule has 2 aliphatic heterocycles. The van der Waals surface area contributed by atoms with Crippen LogP contribution in [0.25, 0.3) is 0 Å². The van der Waals surface area contributed by atoms with Crippen molar-refractivity contribution in [3.63, 3.8) is 0 Å². The highest BCUT2D eigenvalue weighted by atomic mass is 32.2. The van der Waals surface area contributed by atoms with E-state index in [0.717, 1.165) is 74.4 Å². The largest absolute Gasteiger partial charge is 0.376 e. The van der Waals surface area contributed by atoms with Gasteiger partial charge in [0.15, 0.2) is 5.16 Å². The van der Waals surface area contributed by atoms with Gasteiger partial charge in [-0.25, -0.2) is 4.98 Å². The molecule has 1 unspecified atom stereocenters. The van der Waals surface area contributed by atoms with Gasteiger partial charge in [0.2, 0.25) is 0 Å². The van der Waals surface area contributed by atoms with Crippen LogP contribution >= 0.6 is 23.1 Å². The van der Waals surface area contributed by atoms with E-state index in [1.807, 2.05) is 5.51 Å². The zero-order valence-corrected chi connectivity index (χ0v) is 16.2. The van der Waals surface area contributed by atoms with Gasteiger partial charge in [0.1, 0.15) is 5.82 Å². The number of nitrogens with zero attached hydrogens (tertiary/aromatic N) is 4. The van der Waals surface area contributed by atoms with Crippen molar-refractivity contribution in [2.45, 2.75) is 62.1 Å². The Morgan fingerprint density at radius 3 is 2.92 bits per heavy atom. The maximum absolute atomic E-state index is 5.88. The summed E-state index contributed by atoms with van der Waals surface area (Å²) in [4.78, 5) is 5.76. The summed E-state index contributed by atoms with van der Waals surface area (Å²) in [6.45, 7) is 6.03. The smallest absolute Gasteiger partial charge is 0.191 e. The van der Waals surface area contributed by atoms with Crippen LogP contribution in [-0.2, 0) is 17.0 Å².